The number of aromatic nitrogens is 1. The summed E-state index contributed by atoms with van der Waals surface area (Å²) in [6, 6.07) is 3.04. The van der Waals surface area contributed by atoms with Crippen molar-refractivity contribution in [2.45, 2.75) is 19.9 Å². The molecule has 0 aromatic carbocycles. The molecule has 0 saturated heterocycles. The molecule has 0 radical (unpaired) electrons. The van der Waals surface area contributed by atoms with E-state index in [1.165, 1.54) is 6.07 Å². The fraction of sp³-hybridized carbons (Fsp3) is 0.500. The van der Waals surface area contributed by atoms with E-state index in [-0.39, 0.29) is 18.5 Å². The molecule has 0 aliphatic heterocycles. The normalized spacial score (nSPS) is 10.6. The van der Waals surface area contributed by atoms with E-state index >= 15 is 0 Å². The van der Waals surface area contributed by atoms with E-state index in [1.807, 2.05) is 13.8 Å². The molecule has 4 heteroatoms. The van der Waals surface area contributed by atoms with Gasteiger partial charge in [-0.25, -0.2) is 9.37 Å². The van der Waals surface area contributed by atoms with E-state index in [9.17, 15) is 4.39 Å². The second kappa shape index (κ2) is 4.91. The molecule has 0 saturated carbocycles. The van der Waals surface area contributed by atoms with Gasteiger partial charge in [-0.05, 0) is 26.0 Å². The molecule has 0 aliphatic rings. The number of nitrogens with zero attached hydrogens (tertiary/aromatic N) is 2. The first kappa shape index (κ1) is 10.9. The Kier molecular flexibility index (Phi) is 3.83. The van der Waals surface area contributed by atoms with Crippen molar-refractivity contribution in [1.29, 1.82) is 0 Å². The number of halogens is 1. The minimum Gasteiger partial charge on any atom is -0.395 e. The molecule has 0 aliphatic carbocycles. The maximum Gasteiger partial charge on any atom is 0.165 e. The van der Waals surface area contributed by atoms with Crippen LogP contribution >= 0.6 is 0 Å². The Hall–Kier alpha value is -1.16. The van der Waals surface area contributed by atoms with Gasteiger partial charge in [-0.1, -0.05) is 0 Å². The molecule has 1 N–H and O–H groups in total. The van der Waals surface area contributed by atoms with Crippen LogP contribution in [0.3, 0.4) is 0 Å². The summed E-state index contributed by atoms with van der Waals surface area (Å²) in [5.74, 6) is -0.0498. The molecule has 0 fully saturated rings. The minimum atomic E-state index is -0.352. The first-order valence-corrected chi connectivity index (χ1v) is 4.65. The lowest BCUT2D eigenvalue weighted by Crippen LogP contribution is -2.34. The van der Waals surface area contributed by atoms with Gasteiger partial charge >= 0.3 is 0 Å². The molecule has 78 valence electrons. The van der Waals surface area contributed by atoms with E-state index in [0.29, 0.717) is 12.4 Å². The summed E-state index contributed by atoms with van der Waals surface area (Å²) in [6.45, 7) is 4.26. The largest absolute Gasteiger partial charge is 0.395 e. The highest BCUT2D eigenvalue weighted by atomic mass is 19.1. The maximum absolute atomic E-state index is 13.3. The standard InChI is InChI=1S/C10H15FN2O/c1-8(2)13(6-7-14)10-9(11)4-3-5-12-10/h3-5,8,14H,6-7H2,1-2H3. The Morgan fingerprint density at radius 3 is 2.79 bits per heavy atom. The molecule has 0 amide bonds. The molecule has 1 aromatic heterocycles. The van der Waals surface area contributed by atoms with Crippen LogP contribution in [0, 0.1) is 5.82 Å². The van der Waals surface area contributed by atoms with Crippen LogP contribution in [-0.2, 0) is 0 Å². The van der Waals surface area contributed by atoms with Gasteiger partial charge in [0.1, 0.15) is 0 Å². The fourth-order valence-corrected chi connectivity index (χ4v) is 1.31. The Balaban J connectivity index is 2.93. The monoisotopic (exact) mass is 198 g/mol. The fourth-order valence-electron chi connectivity index (χ4n) is 1.31. The molecule has 0 unspecified atom stereocenters. The zero-order valence-corrected chi connectivity index (χ0v) is 8.44. The lowest BCUT2D eigenvalue weighted by atomic mass is 10.3. The molecule has 14 heavy (non-hydrogen) atoms. The average Bonchev–Trinajstić information content (AvgIpc) is 2.15. The Bertz CT molecular complexity index is 291. The number of hydrogen-bond donors (Lipinski definition) is 1. The van der Waals surface area contributed by atoms with Crippen molar-refractivity contribution in [2.24, 2.45) is 0 Å². The topological polar surface area (TPSA) is 36.4 Å². The summed E-state index contributed by atoms with van der Waals surface area (Å²) in [5.41, 5.74) is 0. The van der Waals surface area contributed by atoms with Gasteiger partial charge in [0.2, 0.25) is 0 Å². The Labute approximate surface area is 83.2 Å². The molecule has 1 rings (SSSR count). The minimum absolute atomic E-state index is 0.00576. The van der Waals surface area contributed by atoms with E-state index in [4.69, 9.17) is 5.11 Å². The first-order valence-electron chi connectivity index (χ1n) is 4.65. The van der Waals surface area contributed by atoms with Crippen LogP contribution in [-0.4, -0.2) is 29.3 Å². The number of aliphatic hydroxyl groups excluding tert-OH is 1. The summed E-state index contributed by atoms with van der Waals surface area (Å²) in [4.78, 5) is 5.69. The zero-order valence-electron chi connectivity index (χ0n) is 8.44. The van der Waals surface area contributed by atoms with Gasteiger partial charge in [-0.3, -0.25) is 0 Å². The SMILES string of the molecule is CC(C)N(CCO)c1ncccc1F. The number of aliphatic hydroxyl groups is 1. The van der Waals surface area contributed by atoms with Crippen molar-refractivity contribution in [1.82, 2.24) is 4.98 Å². The van der Waals surface area contributed by atoms with Crippen molar-refractivity contribution in [3.05, 3.63) is 24.1 Å². The van der Waals surface area contributed by atoms with Crippen LogP contribution in [0.5, 0.6) is 0 Å². The van der Waals surface area contributed by atoms with Crippen LogP contribution in [0.1, 0.15) is 13.8 Å². The zero-order chi connectivity index (χ0) is 10.6. The smallest absolute Gasteiger partial charge is 0.165 e. The van der Waals surface area contributed by atoms with E-state index in [0.717, 1.165) is 0 Å². The first-order chi connectivity index (χ1) is 6.66. The van der Waals surface area contributed by atoms with Crippen molar-refractivity contribution in [2.75, 3.05) is 18.1 Å². The molecular weight excluding hydrogens is 183 g/mol. The molecular formula is C10H15FN2O. The number of anilines is 1. The molecule has 1 aromatic rings. The van der Waals surface area contributed by atoms with Gasteiger partial charge < -0.3 is 10.0 Å². The summed E-state index contributed by atoms with van der Waals surface area (Å²) in [7, 11) is 0. The third kappa shape index (κ3) is 2.42. The van der Waals surface area contributed by atoms with Crippen LogP contribution in [0.25, 0.3) is 0 Å². The van der Waals surface area contributed by atoms with Crippen LogP contribution in [0.2, 0.25) is 0 Å². The predicted octanol–water partition coefficient (Wildman–Crippen LogP) is 1.43. The molecule has 0 atom stereocenters. The van der Waals surface area contributed by atoms with Crippen LogP contribution < -0.4 is 4.90 Å². The highest BCUT2D eigenvalue weighted by Gasteiger charge is 2.14. The van der Waals surface area contributed by atoms with Crippen LogP contribution in [0.4, 0.5) is 10.2 Å². The van der Waals surface area contributed by atoms with Gasteiger partial charge in [0.15, 0.2) is 11.6 Å². The van der Waals surface area contributed by atoms with Gasteiger partial charge in [-0.2, -0.15) is 0 Å². The molecule has 0 bridgehead atoms. The second-order valence-corrected chi connectivity index (χ2v) is 3.32. The average molecular weight is 198 g/mol. The van der Waals surface area contributed by atoms with Gasteiger partial charge in [0.05, 0.1) is 6.61 Å². The predicted molar refractivity (Wildman–Crippen MR) is 53.8 cm³/mol. The number of hydrogen-bond acceptors (Lipinski definition) is 3. The lowest BCUT2D eigenvalue weighted by molar-refractivity contribution is 0.298. The van der Waals surface area contributed by atoms with E-state index in [1.54, 1.807) is 17.2 Å². The van der Waals surface area contributed by atoms with Crippen LogP contribution in [0.15, 0.2) is 18.3 Å². The van der Waals surface area contributed by atoms with Crippen molar-refractivity contribution in [3.63, 3.8) is 0 Å². The van der Waals surface area contributed by atoms with E-state index in [2.05, 4.69) is 4.98 Å². The lowest BCUT2D eigenvalue weighted by Gasteiger charge is -2.27. The highest BCUT2D eigenvalue weighted by molar-refractivity contribution is 5.40. The maximum atomic E-state index is 13.3. The summed E-state index contributed by atoms with van der Waals surface area (Å²) >= 11 is 0. The van der Waals surface area contributed by atoms with E-state index < -0.39 is 0 Å². The third-order valence-corrected chi connectivity index (χ3v) is 1.98. The van der Waals surface area contributed by atoms with Crippen molar-refractivity contribution >= 4 is 5.82 Å². The van der Waals surface area contributed by atoms with Gasteiger partial charge in [-0.15, -0.1) is 0 Å². The van der Waals surface area contributed by atoms with Gasteiger partial charge in [0.25, 0.3) is 0 Å². The van der Waals surface area contributed by atoms with Gasteiger partial charge in [0, 0.05) is 18.8 Å². The second-order valence-electron chi connectivity index (χ2n) is 3.32. The third-order valence-electron chi connectivity index (χ3n) is 1.98. The number of rotatable bonds is 4. The summed E-state index contributed by atoms with van der Waals surface area (Å²) in [6.07, 6.45) is 1.55. The quantitative estimate of drug-likeness (QED) is 0.795. The Morgan fingerprint density at radius 1 is 1.57 bits per heavy atom. The molecule has 0 spiro atoms. The highest BCUT2D eigenvalue weighted by Crippen LogP contribution is 2.16. The number of pyridine rings is 1. The van der Waals surface area contributed by atoms with Crippen molar-refractivity contribution < 1.29 is 9.50 Å². The van der Waals surface area contributed by atoms with Crippen molar-refractivity contribution in [3.8, 4) is 0 Å². The molecule has 1 heterocycles. The Morgan fingerprint density at radius 2 is 2.29 bits per heavy atom. The molecule has 3 nitrogen and oxygen atoms in total. The summed E-state index contributed by atoms with van der Waals surface area (Å²) in [5, 5.41) is 8.85. The summed E-state index contributed by atoms with van der Waals surface area (Å²) < 4.78 is 13.3.